The maximum Gasteiger partial charge on any atom is 0.352 e. The molecule has 7 heterocycles. The smallest absolute Gasteiger partial charge is 0.352 e. The summed E-state index contributed by atoms with van der Waals surface area (Å²) in [4.78, 5) is 91.5. The molecule has 7 N–H and O–H groups in total. The number of thioether (sulfide) groups is 1. The number of oxime groups is 1. The minimum Gasteiger partial charge on any atom is -0.504 e. The zero-order valence-electron chi connectivity index (χ0n) is 31.3. The van der Waals surface area contributed by atoms with Gasteiger partial charge in [-0.2, -0.15) is 0 Å². The van der Waals surface area contributed by atoms with Crippen molar-refractivity contribution in [3.8, 4) is 11.5 Å². The molecule has 3 aromatic rings. The normalized spacial score (nSPS) is 24.8. The molecular formula is C36H41N8O11S2+. The molecule has 3 atom stereocenters. The summed E-state index contributed by atoms with van der Waals surface area (Å²) in [5.74, 6) is -5.50. The first-order valence-corrected chi connectivity index (χ1v) is 19.8. The maximum absolute atomic E-state index is 14.0. The Morgan fingerprint density at radius 3 is 2.42 bits per heavy atom. The fourth-order valence-corrected chi connectivity index (χ4v) is 9.87. The second kappa shape index (κ2) is 14.4. The number of aryl methyl sites for hydroxylation is 1. The van der Waals surface area contributed by atoms with E-state index in [1.807, 2.05) is 6.92 Å². The van der Waals surface area contributed by atoms with Gasteiger partial charge in [-0.05, 0) is 26.8 Å². The third-order valence-corrected chi connectivity index (χ3v) is 13.3. The average Bonchev–Trinajstić information content (AvgIpc) is 3.40. The summed E-state index contributed by atoms with van der Waals surface area (Å²) < 4.78 is 2.02. The van der Waals surface area contributed by atoms with E-state index in [-0.39, 0.29) is 39.3 Å². The van der Waals surface area contributed by atoms with Gasteiger partial charge in [-0.1, -0.05) is 5.16 Å². The fourth-order valence-electron chi connectivity index (χ4n) is 7.88. The summed E-state index contributed by atoms with van der Waals surface area (Å²) in [5, 5.41) is 46.9. The SMILES string of the molecule is C[C@@H]1S[C@@H]2[C@H](NC(=O)C(=NOC(C)(C)C(=O)O)c3csc(N)n3)C(=O)N2C(C(=O)O)=C1C[N+]12CCC(CC1)N(C(=O)c1cn(C)c3cc(O)c(O)cc3c1=O)CC2. The Kier molecular flexibility index (Phi) is 9.97. The van der Waals surface area contributed by atoms with Gasteiger partial charge in [-0.3, -0.25) is 24.1 Å². The second-order valence-electron chi connectivity index (χ2n) is 15.2. The number of fused-ring (bicyclic) bond motifs is 6. The number of carbonyl (C=O) groups excluding carboxylic acids is 3. The fraction of sp³-hybridized carbons (Fsp3) is 0.444. The van der Waals surface area contributed by atoms with Crippen LogP contribution in [0.2, 0.25) is 0 Å². The largest absolute Gasteiger partial charge is 0.504 e. The highest BCUT2D eigenvalue weighted by Gasteiger charge is 2.57. The van der Waals surface area contributed by atoms with Crippen LogP contribution in [0.15, 0.2) is 44.9 Å². The van der Waals surface area contributed by atoms with Crippen LogP contribution in [0.5, 0.6) is 11.5 Å². The minimum absolute atomic E-state index is 0.00512. The number of aliphatic carboxylic acids is 2. The number of quaternary nitrogens is 1. The van der Waals surface area contributed by atoms with E-state index in [2.05, 4.69) is 15.5 Å². The molecule has 0 radical (unpaired) electrons. The molecule has 0 unspecified atom stereocenters. The molecule has 302 valence electrons. The number of pyridine rings is 1. The van der Waals surface area contributed by atoms with E-state index in [0.29, 0.717) is 61.1 Å². The summed E-state index contributed by atoms with van der Waals surface area (Å²) >= 11 is 2.33. The quantitative estimate of drug-likeness (QED) is 0.0544. The first kappa shape index (κ1) is 39.6. The molecule has 5 aliphatic heterocycles. The van der Waals surface area contributed by atoms with E-state index in [1.54, 1.807) is 16.5 Å². The van der Waals surface area contributed by atoms with Gasteiger partial charge in [0.25, 0.3) is 17.7 Å². The number of hydrogen-bond donors (Lipinski definition) is 6. The number of aromatic nitrogens is 2. The van der Waals surface area contributed by atoms with E-state index in [4.69, 9.17) is 10.6 Å². The van der Waals surface area contributed by atoms with Crippen molar-refractivity contribution in [2.24, 2.45) is 12.2 Å². The van der Waals surface area contributed by atoms with Gasteiger partial charge in [-0.25, -0.2) is 14.6 Å². The molecular weight excluding hydrogens is 785 g/mol. The molecule has 5 aliphatic rings. The lowest BCUT2D eigenvalue weighted by Crippen LogP contribution is -2.72. The monoisotopic (exact) mass is 825 g/mol. The van der Waals surface area contributed by atoms with Crippen LogP contribution >= 0.6 is 23.1 Å². The maximum atomic E-state index is 14.0. The number of nitrogens with two attached hydrogens (primary N) is 1. The number of benzene rings is 1. The van der Waals surface area contributed by atoms with Gasteiger partial charge in [0.05, 0.1) is 37.1 Å². The number of β-lactam (4-membered cyclic amide) rings is 1. The standard InChI is InChI=1S/C36H40N8O11S2/c1-16-20(14-44-8-5-17(6-9-44)42(7-10-44)30(49)19-13-41(4)22-12-24(46)23(45)11-18(22)28(19)47)27(33(51)52)43-31(50)26(32(43)57-16)39-29(48)25(21-15-56-35(37)38-21)40-55-36(2,3)34(53)54/h11-13,15-17,26,32H,5-10,14H2,1-4H3,(H6-,37,38,39,40,45,46,47,48,51,52,53,54)/p+1/t16-,17?,26+,32+,44?/m0/s1. The minimum atomic E-state index is -1.81. The molecule has 4 saturated heterocycles. The number of carbonyl (C=O) groups is 5. The molecule has 3 amide bonds. The van der Waals surface area contributed by atoms with Crippen LogP contribution in [0.25, 0.3) is 10.9 Å². The third kappa shape index (κ3) is 6.92. The molecule has 2 aromatic heterocycles. The summed E-state index contributed by atoms with van der Waals surface area (Å²) in [6.45, 7) is 6.65. The zero-order chi connectivity index (χ0) is 41.3. The van der Waals surface area contributed by atoms with Crippen LogP contribution in [-0.4, -0.2) is 141 Å². The number of aromatic hydroxyl groups is 2. The summed E-state index contributed by atoms with van der Waals surface area (Å²) in [6, 6.07) is 1.11. The van der Waals surface area contributed by atoms with Gasteiger partial charge < -0.3 is 50.3 Å². The Hall–Kier alpha value is -5.67. The third-order valence-electron chi connectivity index (χ3n) is 11.2. The number of thiazole rings is 1. The lowest BCUT2D eigenvalue weighted by Gasteiger charge is -2.52. The zero-order valence-corrected chi connectivity index (χ0v) is 32.9. The highest BCUT2D eigenvalue weighted by atomic mass is 32.2. The van der Waals surface area contributed by atoms with Crippen LogP contribution < -0.4 is 16.5 Å². The van der Waals surface area contributed by atoms with Crippen LogP contribution in [0.3, 0.4) is 0 Å². The van der Waals surface area contributed by atoms with Gasteiger partial charge in [-0.15, -0.1) is 23.1 Å². The Morgan fingerprint density at radius 2 is 1.79 bits per heavy atom. The number of nitrogen functional groups attached to an aromatic ring is 1. The van der Waals surface area contributed by atoms with Crippen molar-refractivity contribution in [3.63, 3.8) is 0 Å². The van der Waals surface area contributed by atoms with E-state index in [1.165, 1.54) is 48.2 Å². The van der Waals surface area contributed by atoms with Crippen LogP contribution in [-0.2, 0) is 31.1 Å². The molecule has 19 nitrogen and oxygen atoms in total. The molecule has 0 saturated carbocycles. The molecule has 0 aliphatic carbocycles. The Morgan fingerprint density at radius 1 is 1.11 bits per heavy atom. The Bertz CT molecular complexity index is 2360. The lowest BCUT2D eigenvalue weighted by molar-refractivity contribution is -0.925. The number of rotatable bonds is 10. The van der Waals surface area contributed by atoms with Gasteiger partial charge in [0, 0.05) is 54.4 Å². The number of nitrogens with one attached hydrogen (secondary N) is 1. The number of amides is 3. The predicted molar refractivity (Wildman–Crippen MR) is 206 cm³/mol. The molecule has 8 rings (SSSR count). The van der Waals surface area contributed by atoms with Crippen molar-refractivity contribution in [2.45, 2.75) is 61.9 Å². The van der Waals surface area contributed by atoms with Crippen molar-refractivity contribution in [1.82, 2.24) is 24.7 Å². The Balaban J connectivity index is 1.10. The number of anilines is 1. The van der Waals surface area contributed by atoms with Crippen molar-refractivity contribution >= 4 is 74.5 Å². The summed E-state index contributed by atoms with van der Waals surface area (Å²) in [6.07, 6.45) is 2.64. The van der Waals surface area contributed by atoms with Gasteiger partial charge >= 0.3 is 11.9 Å². The topological polar surface area (TPSA) is 267 Å². The number of nitrogens with zero attached hydrogens (tertiary/aromatic N) is 6. The molecule has 57 heavy (non-hydrogen) atoms. The number of carboxylic acid groups (broad SMARTS) is 2. The second-order valence-corrected chi connectivity index (χ2v) is 17.5. The van der Waals surface area contributed by atoms with Gasteiger partial charge in [0.15, 0.2) is 22.3 Å². The van der Waals surface area contributed by atoms with Crippen LogP contribution in [0.1, 0.15) is 49.7 Å². The van der Waals surface area contributed by atoms with Crippen LogP contribution in [0, 0.1) is 0 Å². The van der Waals surface area contributed by atoms with Crippen molar-refractivity contribution < 1.29 is 53.7 Å². The highest BCUT2D eigenvalue weighted by Crippen LogP contribution is 2.45. The van der Waals surface area contributed by atoms with Crippen LogP contribution in [0.4, 0.5) is 5.13 Å². The van der Waals surface area contributed by atoms with Crippen molar-refractivity contribution in [1.29, 1.82) is 0 Å². The molecule has 0 spiro atoms. The molecule has 2 bridgehead atoms. The number of carboxylic acids is 2. The van der Waals surface area contributed by atoms with E-state index < -0.39 is 68.8 Å². The number of piperidine rings is 1. The number of phenolic OH excluding ortho intramolecular Hbond substituents is 2. The lowest BCUT2D eigenvalue weighted by atomic mass is 9.97. The Labute approximate surface area is 332 Å². The first-order chi connectivity index (χ1) is 26.8. The molecule has 1 aromatic carbocycles. The van der Waals surface area contributed by atoms with Crippen molar-refractivity contribution in [3.05, 3.63) is 56.5 Å². The highest BCUT2D eigenvalue weighted by molar-refractivity contribution is 8.00. The number of phenols is 2. The summed E-state index contributed by atoms with van der Waals surface area (Å²) in [5.41, 5.74) is 3.65. The van der Waals surface area contributed by atoms with Gasteiger partial charge in [0.1, 0.15) is 34.9 Å². The molecule has 21 heteroatoms. The van der Waals surface area contributed by atoms with E-state index in [0.717, 1.165) is 17.4 Å². The summed E-state index contributed by atoms with van der Waals surface area (Å²) in [7, 11) is 1.64. The first-order valence-electron chi connectivity index (χ1n) is 18.0. The van der Waals surface area contributed by atoms with E-state index >= 15 is 0 Å². The van der Waals surface area contributed by atoms with Gasteiger partial charge in [0.2, 0.25) is 11.0 Å². The molecule has 4 fully saturated rings. The average molecular weight is 826 g/mol. The predicted octanol–water partition coefficient (Wildman–Crippen LogP) is 0.835. The van der Waals surface area contributed by atoms with E-state index in [9.17, 15) is 49.2 Å². The van der Waals surface area contributed by atoms with Crippen molar-refractivity contribution in [2.75, 3.05) is 38.5 Å². The number of hydrogen-bond acceptors (Lipinski definition) is 14.